The molecule has 1 aromatic heterocycles. The molecule has 0 bridgehead atoms. The third-order valence-electron chi connectivity index (χ3n) is 5.89. The summed E-state index contributed by atoms with van der Waals surface area (Å²) in [4.78, 5) is 11.2. The van der Waals surface area contributed by atoms with Gasteiger partial charge in [-0.05, 0) is 49.4 Å². The van der Waals surface area contributed by atoms with Gasteiger partial charge in [-0.1, -0.05) is 56.7 Å². The predicted octanol–water partition coefficient (Wildman–Crippen LogP) is 5.39. The number of nitrogens with one attached hydrogen (secondary N) is 2. The van der Waals surface area contributed by atoms with E-state index in [1.807, 2.05) is 12.1 Å². The van der Waals surface area contributed by atoms with Crippen LogP contribution < -0.4 is 10.0 Å². The van der Waals surface area contributed by atoms with Gasteiger partial charge in [0.15, 0.2) is 0 Å². The summed E-state index contributed by atoms with van der Waals surface area (Å²) in [5, 5.41) is 12.7. The van der Waals surface area contributed by atoms with Crippen LogP contribution in [0, 0.1) is 12.8 Å². The number of thiophene rings is 1. The van der Waals surface area contributed by atoms with Gasteiger partial charge in [0.25, 0.3) is 10.0 Å². The number of carboxylic acids is 1. The van der Waals surface area contributed by atoms with Crippen molar-refractivity contribution in [2.75, 3.05) is 4.72 Å². The van der Waals surface area contributed by atoms with Gasteiger partial charge in [-0.3, -0.25) is 4.72 Å². The normalized spacial score (nSPS) is 16.6. The van der Waals surface area contributed by atoms with Crippen LogP contribution in [0.2, 0.25) is 0 Å². The Kier molecular flexibility index (Phi) is 8.13. The van der Waals surface area contributed by atoms with Crippen LogP contribution in [0.25, 0.3) is 0 Å². The lowest BCUT2D eigenvalue weighted by Crippen LogP contribution is -2.28. The quantitative estimate of drug-likeness (QED) is 0.432. The van der Waals surface area contributed by atoms with Gasteiger partial charge < -0.3 is 10.4 Å². The molecule has 1 aliphatic carbocycles. The second kappa shape index (κ2) is 10.6. The van der Waals surface area contributed by atoms with Crippen LogP contribution in [-0.4, -0.2) is 25.5 Å². The topological polar surface area (TPSA) is 95.5 Å². The Hall–Kier alpha value is -1.90. The molecule has 1 aliphatic rings. The van der Waals surface area contributed by atoms with Gasteiger partial charge in [-0.25, -0.2) is 13.2 Å². The average Bonchev–Trinajstić information content (AvgIpc) is 2.95. The van der Waals surface area contributed by atoms with Crippen molar-refractivity contribution in [2.45, 2.75) is 75.6 Å². The molecule has 1 aromatic carbocycles. The number of sulfonamides is 1. The average molecular weight is 465 g/mol. The summed E-state index contributed by atoms with van der Waals surface area (Å²) in [5.74, 6) is -0.356. The molecule has 170 valence electrons. The SMILES string of the molecule is Cc1cc(C(=O)O)sc1S(=O)(=O)Nc1ccccc1CN[C@@H](C)CC1CCCCCC1. The monoisotopic (exact) mass is 464 g/mol. The van der Waals surface area contributed by atoms with Crippen LogP contribution in [0.5, 0.6) is 0 Å². The van der Waals surface area contributed by atoms with Gasteiger partial charge in [-0.2, -0.15) is 0 Å². The Bertz CT molecular complexity index is 993. The summed E-state index contributed by atoms with van der Waals surface area (Å²) < 4.78 is 28.6. The lowest BCUT2D eigenvalue weighted by molar-refractivity contribution is 0.0702. The zero-order valence-electron chi connectivity index (χ0n) is 18.2. The summed E-state index contributed by atoms with van der Waals surface area (Å²) in [6.07, 6.45) is 9.11. The highest BCUT2D eigenvalue weighted by Gasteiger charge is 2.23. The summed E-state index contributed by atoms with van der Waals surface area (Å²) in [7, 11) is -3.87. The van der Waals surface area contributed by atoms with Crippen LogP contribution in [0.3, 0.4) is 0 Å². The number of carbonyl (C=O) groups is 1. The second-order valence-electron chi connectivity index (χ2n) is 8.52. The molecule has 1 heterocycles. The van der Waals surface area contributed by atoms with Crippen molar-refractivity contribution in [1.29, 1.82) is 0 Å². The third kappa shape index (κ3) is 6.54. The number of hydrogen-bond acceptors (Lipinski definition) is 5. The molecule has 3 N–H and O–H groups in total. The van der Waals surface area contributed by atoms with Crippen molar-refractivity contribution in [1.82, 2.24) is 5.32 Å². The number of aromatic carboxylic acids is 1. The molecule has 0 unspecified atom stereocenters. The van der Waals surface area contributed by atoms with Crippen molar-refractivity contribution in [3.05, 3.63) is 46.3 Å². The van der Waals surface area contributed by atoms with E-state index in [2.05, 4.69) is 17.0 Å². The number of carboxylic acid groups (broad SMARTS) is 1. The summed E-state index contributed by atoms with van der Waals surface area (Å²) in [6.45, 7) is 4.37. The molecule has 0 amide bonds. The molecule has 0 spiro atoms. The van der Waals surface area contributed by atoms with E-state index in [4.69, 9.17) is 5.11 Å². The molecular formula is C23H32N2O4S2. The van der Waals surface area contributed by atoms with Crippen molar-refractivity contribution >= 4 is 33.0 Å². The Labute approximate surface area is 189 Å². The molecule has 31 heavy (non-hydrogen) atoms. The molecule has 1 atom stereocenters. The van der Waals surface area contributed by atoms with E-state index in [-0.39, 0.29) is 9.09 Å². The van der Waals surface area contributed by atoms with E-state index in [0.717, 1.165) is 29.2 Å². The van der Waals surface area contributed by atoms with Crippen LogP contribution in [0.1, 0.15) is 72.7 Å². The summed E-state index contributed by atoms with van der Waals surface area (Å²) in [5.41, 5.74) is 1.82. The first kappa shape index (κ1) is 23.8. The minimum atomic E-state index is -3.87. The Morgan fingerprint density at radius 3 is 2.52 bits per heavy atom. The van der Waals surface area contributed by atoms with E-state index in [1.54, 1.807) is 19.1 Å². The first-order valence-corrected chi connectivity index (χ1v) is 13.2. The lowest BCUT2D eigenvalue weighted by Gasteiger charge is -2.21. The maximum atomic E-state index is 12.9. The fourth-order valence-electron chi connectivity index (χ4n) is 4.27. The molecule has 0 aliphatic heterocycles. The van der Waals surface area contributed by atoms with E-state index in [9.17, 15) is 13.2 Å². The van der Waals surface area contributed by atoms with Gasteiger partial charge in [0.1, 0.15) is 9.09 Å². The number of anilines is 1. The zero-order valence-corrected chi connectivity index (χ0v) is 19.8. The highest BCUT2D eigenvalue weighted by atomic mass is 32.2. The molecular weight excluding hydrogens is 432 g/mol. The minimum absolute atomic E-state index is 0.0140. The predicted molar refractivity (Wildman–Crippen MR) is 125 cm³/mol. The van der Waals surface area contributed by atoms with Crippen LogP contribution in [0.4, 0.5) is 5.69 Å². The first-order chi connectivity index (χ1) is 14.8. The Morgan fingerprint density at radius 1 is 1.19 bits per heavy atom. The maximum Gasteiger partial charge on any atom is 0.345 e. The molecule has 1 saturated carbocycles. The first-order valence-electron chi connectivity index (χ1n) is 10.9. The number of para-hydroxylation sites is 1. The van der Waals surface area contributed by atoms with Gasteiger partial charge in [0.05, 0.1) is 5.69 Å². The Balaban J connectivity index is 1.66. The standard InChI is InChI=1S/C23H32N2O4S2/c1-16-13-21(22(26)27)30-23(16)31(28,29)25-20-12-8-7-11-19(20)15-24-17(2)14-18-9-5-3-4-6-10-18/h7-8,11-13,17-18,24-25H,3-6,9-10,14-15H2,1-2H3,(H,26,27)/t17-/m0/s1. The van der Waals surface area contributed by atoms with E-state index >= 15 is 0 Å². The smallest absolute Gasteiger partial charge is 0.345 e. The van der Waals surface area contributed by atoms with E-state index in [0.29, 0.717) is 23.8 Å². The van der Waals surface area contributed by atoms with Crippen molar-refractivity contribution in [2.24, 2.45) is 5.92 Å². The molecule has 2 aromatic rings. The summed E-state index contributed by atoms with van der Waals surface area (Å²) >= 11 is 0.773. The van der Waals surface area contributed by atoms with Gasteiger partial charge in [-0.15, -0.1) is 11.3 Å². The minimum Gasteiger partial charge on any atom is -0.477 e. The van der Waals surface area contributed by atoms with Gasteiger partial charge in [0.2, 0.25) is 0 Å². The van der Waals surface area contributed by atoms with Gasteiger partial charge in [0, 0.05) is 12.6 Å². The Morgan fingerprint density at radius 2 is 1.87 bits per heavy atom. The van der Waals surface area contributed by atoms with Crippen molar-refractivity contribution in [3.63, 3.8) is 0 Å². The molecule has 0 radical (unpaired) electrons. The van der Waals surface area contributed by atoms with E-state index < -0.39 is 16.0 Å². The molecule has 0 saturated heterocycles. The zero-order chi connectivity index (χ0) is 22.4. The second-order valence-corrected chi connectivity index (χ2v) is 11.5. The highest BCUT2D eigenvalue weighted by molar-refractivity contribution is 7.94. The van der Waals surface area contributed by atoms with Crippen molar-refractivity contribution < 1.29 is 18.3 Å². The molecule has 3 rings (SSSR count). The number of rotatable bonds is 9. The molecule has 1 fully saturated rings. The van der Waals surface area contributed by atoms with Crippen LogP contribution >= 0.6 is 11.3 Å². The van der Waals surface area contributed by atoms with Crippen LogP contribution in [-0.2, 0) is 16.6 Å². The fourth-order valence-corrected chi connectivity index (χ4v) is 6.91. The van der Waals surface area contributed by atoms with E-state index in [1.165, 1.54) is 44.6 Å². The summed E-state index contributed by atoms with van der Waals surface area (Å²) in [6, 6.07) is 9.08. The highest BCUT2D eigenvalue weighted by Crippen LogP contribution is 2.30. The van der Waals surface area contributed by atoms with Crippen molar-refractivity contribution in [3.8, 4) is 0 Å². The largest absolute Gasteiger partial charge is 0.477 e. The van der Waals surface area contributed by atoms with Gasteiger partial charge >= 0.3 is 5.97 Å². The number of benzene rings is 1. The fraction of sp³-hybridized carbons (Fsp3) is 0.522. The lowest BCUT2D eigenvalue weighted by atomic mass is 9.93. The third-order valence-corrected chi connectivity index (χ3v) is 9.12. The maximum absolute atomic E-state index is 12.9. The number of aryl methyl sites for hydroxylation is 1. The number of hydrogen-bond donors (Lipinski definition) is 3. The molecule has 6 nitrogen and oxygen atoms in total. The van der Waals surface area contributed by atoms with Crippen LogP contribution in [0.15, 0.2) is 34.5 Å². The molecule has 8 heteroatoms.